The number of carboxylic acids is 2. The van der Waals surface area contributed by atoms with E-state index in [4.69, 9.17) is 15.0 Å². The van der Waals surface area contributed by atoms with Gasteiger partial charge in [0.1, 0.15) is 0 Å². The standard InChI is InChI=1S/C54H76N4O6/c1-10-39-36(7)44-29-50-54(51(60)22-14-21-35(6)20-13-19-34(5)18-12-17-33(4)16-11-15-32(2)3)38(9)45(57-50)28-49-42(31-59)41(24-26-53(63)64)48(58-49)30-47-40(23-25-52(61)62)37(8)43(56-47)27-46(39)55-44/h27-35,51,58-60H,10-26H2,1-9H3,(H,61,62)(H,63,64)/b42-31+,46-27?,47-30?,49-28?,50-29?. The smallest absolute Gasteiger partial charge is 0.303 e. The number of nitrogens with one attached hydrogen (secondary N) is 1. The van der Waals surface area contributed by atoms with E-state index in [1.165, 1.54) is 57.8 Å². The SMILES string of the molecule is CCC1=C(C)C2=NC1=CC1=NC(=Cc3[nH]c(/c(=C/O)c3CCC(=O)O)=CC3=NC(=C2)C(C(O)CCCC(C)CCCC(C)CCCC(C)CCCC(C)C)=C3C)C(CCC(=O)O)=C1C. The second-order valence-electron chi connectivity index (χ2n) is 19.5. The molecule has 5 heterocycles. The number of allylic oxidation sites excluding steroid dienone is 7. The summed E-state index contributed by atoms with van der Waals surface area (Å²) >= 11 is 0. The van der Waals surface area contributed by atoms with E-state index in [0.717, 1.165) is 88.1 Å². The van der Waals surface area contributed by atoms with Gasteiger partial charge >= 0.3 is 11.9 Å². The Morgan fingerprint density at radius 1 is 0.625 bits per heavy atom. The van der Waals surface area contributed by atoms with Crippen molar-refractivity contribution in [1.82, 2.24) is 4.98 Å². The molecule has 1 aromatic heterocycles. The number of aliphatic hydroxyl groups is 2. The number of aliphatic hydroxyl groups excluding tert-OH is 2. The number of hydrogen-bond acceptors (Lipinski definition) is 7. The van der Waals surface area contributed by atoms with Gasteiger partial charge < -0.3 is 25.4 Å². The fourth-order valence-electron chi connectivity index (χ4n) is 9.80. The van der Waals surface area contributed by atoms with E-state index in [0.29, 0.717) is 57.0 Å². The van der Waals surface area contributed by atoms with Crippen LogP contribution in [0.1, 0.15) is 176 Å². The first-order chi connectivity index (χ1) is 30.5. The first kappa shape index (κ1) is 50.2. The number of carbonyl (C=O) groups is 2. The van der Waals surface area contributed by atoms with Crippen LogP contribution in [0, 0.1) is 23.7 Å². The Bertz CT molecular complexity index is 2320. The van der Waals surface area contributed by atoms with Gasteiger partial charge in [0.25, 0.3) is 0 Å². The lowest BCUT2D eigenvalue weighted by Crippen LogP contribution is -2.27. The maximum atomic E-state index is 12.0. The number of fused-ring (bicyclic) bond motifs is 5. The van der Waals surface area contributed by atoms with Crippen molar-refractivity contribution in [3.63, 3.8) is 0 Å². The molecular formula is C54H76N4O6. The number of nitrogens with zero attached hydrogens (tertiary/aromatic N) is 3. The summed E-state index contributed by atoms with van der Waals surface area (Å²) in [5, 5.41) is 43.0. The molecule has 10 nitrogen and oxygen atoms in total. The molecule has 1 aromatic rings. The predicted molar refractivity (Wildman–Crippen MR) is 263 cm³/mol. The van der Waals surface area contributed by atoms with E-state index in [1.807, 2.05) is 38.2 Å². The van der Waals surface area contributed by atoms with Gasteiger partial charge in [-0.15, -0.1) is 0 Å². The van der Waals surface area contributed by atoms with Crippen molar-refractivity contribution >= 4 is 47.5 Å². The van der Waals surface area contributed by atoms with Gasteiger partial charge in [-0.2, -0.15) is 0 Å². The van der Waals surface area contributed by atoms with Crippen molar-refractivity contribution < 1.29 is 30.0 Å². The van der Waals surface area contributed by atoms with Crippen molar-refractivity contribution in [2.24, 2.45) is 38.6 Å². The van der Waals surface area contributed by atoms with Gasteiger partial charge in [-0.3, -0.25) is 9.59 Å². The van der Waals surface area contributed by atoms with Crippen LogP contribution in [-0.4, -0.2) is 60.6 Å². The monoisotopic (exact) mass is 877 g/mol. The average molecular weight is 877 g/mol. The maximum absolute atomic E-state index is 12.0. The molecule has 0 fully saturated rings. The Morgan fingerprint density at radius 3 is 1.62 bits per heavy atom. The molecule has 4 atom stereocenters. The fourth-order valence-corrected chi connectivity index (χ4v) is 9.80. The number of aromatic amines is 1. The summed E-state index contributed by atoms with van der Waals surface area (Å²) < 4.78 is 0. The highest BCUT2D eigenvalue weighted by molar-refractivity contribution is 6.24. The molecule has 4 aliphatic heterocycles. The Morgan fingerprint density at radius 2 is 1.09 bits per heavy atom. The van der Waals surface area contributed by atoms with E-state index in [9.17, 15) is 30.0 Å². The summed E-state index contributed by atoms with van der Waals surface area (Å²) in [7, 11) is 0. The number of aliphatic carboxylic acids is 2. The van der Waals surface area contributed by atoms with Crippen LogP contribution in [0.15, 0.2) is 77.7 Å². The predicted octanol–water partition coefficient (Wildman–Crippen LogP) is 11.4. The van der Waals surface area contributed by atoms with Crippen molar-refractivity contribution in [3.8, 4) is 0 Å². The molecule has 4 unspecified atom stereocenters. The largest absolute Gasteiger partial charge is 0.515 e. The molecule has 5 rings (SSSR count). The molecule has 348 valence electrons. The zero-order chi connectivity index (χ0) is 46.7. The minimum absolute atomic E-state index is 0.0830. The quantitative estimate of drug-likeness (QED) is 0.0693. The molecule has 0 saturated heterocycles. The Labute approximate surface area is 382 Å². The number of aromatic nitrogens is 1. The molecule has 0 spiro atoms. The third kappa shape index (κ3) is 13.1. The minimum atomic E-state index is -0.973. The van der Waals surface area contributed by atoms with Gasteiger partial charge in [-0.05, 0) is 128 Å². The van der Waals surface area contributed by atoms with Gasteiger partial charge in [0.15, 0.2) is 0 Å². The van der Waals surface area contributed by atoms with Crippen LogP contribution in [-0.2, 0) is 16.0 Å². The van der Waals surface area contributed by atoms with E-state index in [2.05, 4.69) is 53.5 Å². The van der Waals surface area contributed by atoms with Gasteiger partial charge in [0.2, 0.25) is 0 Å². The van der Waals surface area contributed by atoms with Gasteiger partial charge in [-0.1, -0.05) is 112 Å². The van der Waals surface area contributed by atoms with Gasteiger partial charge in [0, 0.05) is 29.3 Å². The summed E-state index contributed by atoms with van der Waals surface area (Å²) in [6, 6.07) is 0. The topological polar surface area (TPSA) is 168 Å². The number of carboxylic acid groups (broad SMARTS) is 2. The normalized spacial score (nSPS) is 18.5. The summed E-state index contributed by atoms with van der Waals surface area (Å²) in [5.41, 5.74) is 10.5. The third-order valence-corrected chi connectivity index (χ3v) is 13.8. The molecule has 5 N–H and O–H groups in total. The van der Waals surface area contributed by atoms with E-state index >= 15 is 0 Å². The summed E-state index contributed by atoms with van der Waals surface area (Å²) in [6.45, 7) is 19.9. The van der Waals surface area contributed by atoms with E-state index in [1.54, 1.807) is 0 Å². The van der Waals surface area contributed by atoms with Crippen LogP contribution >= 0.6 is 0 Å². The van der Waals surface area contributed by atoms with Crippen LogP contribution in [0.25, 0.3) is 18.4 Å². The van der Waals surface area contributed by atoms with Crippen LogP contribution in [0.3, 0.4) is 0 Å². The Kier molecular flexibility index (Phi) is 18.3. The van der Waals surface area contributed by atoms with Crippen molar-refractivity contribution in [1.29, 1.82) is 0 Å². The molecule has 4 aliphatic rings. The third-order valence-electron chi connectivity index (χ3n) is 13.8. The van der Waals surface area contributed by atoms with Crippen LogP contribution < -0.4 is 10.6 Å². The number of aliphatic imine (C=N–C) groups is 3. The van der Waals surface area contributed by atoms with E-state index < -0.39 is 18.0 Å². The first-order valence-corrected chi connectivity index (χ1v) is 24.2. The Hall–Kier alpha value is -4.83. The molecule has 0 saturated carbocycles. The highest BCUT2D eigenvalue weighted by Gasteiger charge is 2.29. The second kappa shape index (κ2) is 23.4. The van der Waals surface area contributed by atoms with Crippen LogP contribution in [0.2, 0.25) is 0 Å². The lowest BCUT2D eigenvalue weighted by molar-refractivity contribution is -0.138. The fraction of sp³-hybridized carbons (Fsp3) is 0.574. The average Bonchev–Trinajstić information content (AvgIpc) is 3.91. The van der Waals surface area contributed by atoms with Gasteiger partial charge in [0.05, 0.1) is 51.9 Å². The van der Waals surface area contributed by atoms with Crippen LogP contribution in [0.4, 0.5) is 0 Å². The van der Waals surface area contributed by atoms with Crippen molar-refractivity contribution in [2.45, 2.75) is 178 Å². The first-order valence-electron chi connectivity index (χ1n) is 24.2. The van der Waals surface area contributed by atoms with Crippen molar-refractivity contribution in [3.05, 3.63) is 84.5 Å². The molecule has 0 amide bonds. The lowest BCUT2D eigenvalue weighted by atomic mass is 9.89. The zero-order valence-corrected chi connectivity index (χ0v) is 40.2. The molecule has 8 bridgehead atoms. The Balaban J connectivity index is 1.40. The van der Waals surface area contributed by atoms with Crippen molar-refractivity contribution in [2.75, 3.05) is 0 Å². The lowest BCUT2D eigenvalue weighted by Gasteiger charge is -2.18. The molecule has 0 radical (unpaired) electrons. The number of hydrogen-bond donors (Lipinski definition) is 5. The summed E-state index contributed by atoms with van der Waals surface area (Å²) in [6.07, 6.45) is 23.0. The molecule has 0 aromatic carbocycles. The summed E-state index contributed by atoms with van der Waals surface area (Å²) in [5.74, 6) is 1.06. The molecule has 0 aliphatic carbocycles. The minimum Gasteiger partial charge on any atom is -0.515 e. The van der Waals surface area contributed by atoms with E-state index in [-0.39, 0.29) is 25.7 Å². The highest BCUT2D eigenvalue weighted by atomic mass is 16.4. The van der Waals surface area contributed by atoms with Gasteiger partial charge in [-0.25, -0.2) is 15.0 Å². The number of rotatable bonds is 24. The zero-order valence-electron chi connectivity index (χ0n) is 40.2. The molecule has 10 heteroatoms. The maximum Gasteiger partial charge on any atom is 0.303 e. The molecule has 64 heavy (non-hydrogen) atoms. The molecular weight excluding hydrogens is 801 g/mol. The number of H-pyrrole nitrogens is 1. The highest BCUT2D eigenvalue weighted by Crippen LogP contribution is 2.37. The van der Waals surface area contributed by atoms with Crippen LogP contribution in [0.5, 0.6) is 0 Å². The second-order valence-corrected chi connectivity index (χ2v) is 19.5. The summed E-state index contributed by atoms with van der Waals surface area (Å²) in [4.78, 5) is 42.3.